The molecule has 0 aliphatic carbocycles. The van der Waals surface area contributed by atoms with Crippen LogP contribution in [0.2, 0.25) is 0 Å². The maximum absolute atomic E-state index is 13.2. The Balaban J connectivity index is 1.41. The predicted molar refractivity (Wildman–Crippen MR) is 128 cm³/mol. The van der Waals surface area contributed by atoms with Gasteiger partial charge < -0.3 is 24.8 Å². The van der Waals surface area contributed by atoms with Crippen molar-refractivity contribution in [3.63, 3.8) is 0 Å². The van der Waals surface area contributed by atoms with Crippen LogP contribution in [0, 0.1) is 5.82 Å². The first-order chi connectivity index (χ1) is 17.0. The molecule has 1 saturated heterocycles. The highest BCUT2D eigenvalue weighted by Gasteiger charge is 2.37. The topological polar surface area (TPSA) is 88.1 Å². The zero-order chi connectivity index (χ0) is 24.8. The molecule has 1 aliphatic rings. The van der Waals surface area contributed by atoms with Gasteiger partial charge in [0.05, 0.1) is 26.2 Å². The molecule has 0 aromatic heterocycles. The minimum Gasteiger partial charge on any atom is -0.497 e. The lowest BCUT2D eigenvalue weighted by molar-refractivity contribution is -0.162. The van der Waals surface area contributed by atoms with Crippen molar-refractivity contribution in [1.82, 2.24) is 4.90 Å². The molecule has 0 bridgehead atoms. The largest absolute Gasteiger partial charge is 0.497 e. The van der Waals surface area contributed by atoms with E-state index in [1.165, 1.54) is 12.1 Å². The van der Waals surface area contributed by atoms with Crippen molar-refractivity contribution < 1.29 is 28.6 Å². The number of nitrogens with zero attached hydrogens (tertiary/aromatic N) is 1. The molecule has 1 fully saturated rings. The van der Waals surface area contributed by atoms with Crippen molar-refractivity contribution in [2.24, 2.45) is 0 Å². The van der Waals surface area contributed by atoms with Crippen LogP contribution < -0.4 is 10.1 Å². The molecule has 3 aromatic carbocycles. The number of carbonyl (C=O) groups is 2. The van der Waals surface area contributed by atoms with Crippen molar-refractivity contribution >= 4 is 17.5 Å². The first kappa shape index (κ1) is 24.4. The van der Waals surface area contributed by atoms with E-state index in [-0.39, 0.29) is 43.8 Å². The third-order valence-corrected chi connectivity index (χ3v) is 5.96. The van der Waals surface area contributed by atoms with E-state index in [1.807, 2.05) is 36.4 Å². The Morgan fingerprint density at radius 3 is 2.34 bits per heavy atom. The number of nitrogens with one attached hydrogen (secondary N) is 1. The third kappa shape index (κ3) is 6.03. The van der Waals surface area contributed by atoms with Crippen LogP contribution in [-0.4, -0.2) is 48.2 Å². The highest BCUT2D eigenvalue weighted by atomic mass is 19.1. The van der Waals surface area contributed by atoms with Crippen LogP contribution >= 0.6 is 0 Å². The van der Waals surface area contributed by atoms with E-state index in [9.17, 15) is 19.1 Å². The van der Waals surface area contributed by atoms with E-state index in [0.717, 1.165) is 22.4 Å². The van der Waals surface area contributed by atoms with Crippen LogP contribution in [-0.2, 0) is 27.3 Å². The summed E-state index contributed by atoms with van der Waals surface area (Å²) in [7, 11) is 1.59. The number of aliphatic hydroxyl groups is 1. The van der Waals surface area contributed by atoms with Crippen LogP contribution in [0.15, 0.2) is 72.8 Å². The van der Waals surface area contributed by atoms with Crippen LogP contribution in [0.3, 0.4) is 0 Å². The lowest BCUT2D eigenvalue weighted by Crippen LogP contribution is -2.52. The van der Waals surface area contributed by atoms with Gasteiger partial charge in [-0.25, -0.2) is 4.39 Å². The van der Waals surface area contributed by atoms with Crippen molar-refractivity contribution in [1.29, 1.82) is 0 Å². The summed E-state index contributed by atoms with van der Waals surface area (Å²) in [5, 5.41) is 13.0. The van der Waals surface area contributed by atoms with Gasteiger partial charge in [-0.3, -0.25) is 9.59 Å². The highest BCUT2D eigenvalue weighted by molar-refractivity contribution is 5.92. The number of benzene rings is 3. The summed E-state index contributed by atoms with van der Waals surface area (Å²) in [6, 6.07) is 19.8. The first-order valence-electron chi connectivity index (χ1n) is 11.3. The van der Waals surface area contributed by atoms with Crippen molar-refractivity contribution in [2.75, 3.05) is 25.6 Å². The fraction of sp³-hybridized carbons (Fsp3) is 0.259. The molecule has 7 nitrogen and oxygen atoms in total. The molecule has 8 heteroatoms. The molecule has 1 aliphatic heterocycles. The quantitative estimate of drug-likeness (QED) is 0.518. The minimum absolute atomic E-state index is 0.122. The number of anilines is 1. The standard InChI is InChI=1S/C27H27FN2O5/c1-34-23-12-4-18(5-13-23)14-25(32)29-22-10-6-20(7-11-22)27-24(16-31)30(26(33)17-35-27)15-19-2-8-21(28)9-3-19/h2-13,24,27,31H,14-17H2,1H3,(H,29,32). The molecule has 182 valence electrons. The first-order valence-corrected chi connectivity index (χ1v) is 11.3. The molecule has 3 aromatic rings. The normalized spacial score (nSPS) is 17.8. The fourth-order valence-corrected chi connectivity index (χ4v) is 4.10. The van der Waals surface area contributed by atoms with Crippen molar-refractivity contribution in [3.8, 4) is 5.75 Å². The van der Waals surface area contributed by atoms with Gasteiger partial charge in [0.1, 0.15) is 24.3 Å². The lowest BCUT2D eigenvalue weighted by atomic mass is 9.98. The maximum atomic E-state index is 13.2. The van der Waals surface area contributed by atoms with Gasteiger partial charge in [-0.2, -0.15) is 0 Å². The van der Waals surface area contributed by atoms with Crippen LogP contribution in [0.4, 0.5) is 10.1 Å². The van der Waals surface area contributed by atoms with Gasteiger partial charge in [0.2, 0.25) is 11.8 Å². The Morgan fingerprint density at radius 1 is 1.06 bits per heavy atom. The van der Waals surface area contributed by atoms with E-state index in [0.29, 0.717) is 5.69 Å². The average Bonchev–Trinajstić information content (AvgIpc) is 2.87. The number of morpholine rings is 1. The summed E-state index contributed by atoms with van der Waals surface area (Å²) in [6.45, 7) is -0.176. The van der Waals surface area contributed by atoms with Gasteiger partial charge in [-0.1, -0.05) is 36.4 Å². The Labute approximate surface area is 203 Å². The van der Waals surface area contributed by atoms with E-state index in [2.05, 4.69) is 5.32 Å². The van der Waals surface area contributed by atoms with Crippen LogP contribution in [0.1, 0.15) is 22.8 Å². The summed E-state index contributed by atoms with van der Waals surface area (Å²) < 4.78 is 24.2. The molecule has 0 saturated carbocycles. The Kier molecular flexibility index (Phi) is 7.74. The number of carbonyl (C=O) groups excluding carboxylic acids is 2. The Bertz CT molecular complexity index is 1150. The Morgan fingerprint density at radius 2 is 1.71 bits per heavy atom. The predicted octanol–water partition coefficient (Wildman–Crippen LogP) is 3.48. The van der Waals surface area contributed by atoms with Gasteiger partial charge >= 0.3 is 0 Å². The van der Waals surface area contributed by atoms with Crippen molar-refractivity contribution in [2.45, 2.75) is 25.1 Å². The van der Waals surface area contributed by atoms with Gasteiger partial charge in [-0.05, 0) is 53.1 Å². The molecule has 2 amide bonds. The molecule has 2 unspecified atom stereocenters. The number of hydrogen-bond donors (Lipinski definition) is 2. The highest BCUT2D eigenvalue weighted by Crippen LogP contribution is 2.31. The summed E-state index contributed by atoms with van der Waals surface area (Å²) in [4.78, 5) is 26.5. The number of aliphatic hydroxyl groups excluding tert-OH is 1. The second kappa shape index (κ2) is 11.1. The SMILES string of the molecule is COc1ccc(CC(=O)Nc2ccc(C3OCC(=O)N(Cc4ccc(F)cc4)C3CO)cc2)cc1. The van der Waals surface area contributed by atoms with E-state index in [1.54, 1.807) is 36.3 Å². The molecular weight excluding hydrogens is 451 g/mol. The number of halogens is 1. The molecule has 1 heterocycles. The van der Waals surface area contributed by atoms with Gasteiger partial charge in [-0.15, -0.1) is 0 Å². The van der Waals surface area contributed by atoms with E-state index >= 15 is 0 Å². The third-order valence-electron chi connectivity index (χ3n) is 5.96. The van der Waals surface area contributed by atoms with E-state index < -0.39 is 12.1 Å². The number of amides is 2. The Hall–Kier alpha value is -3.75. The summed E-state index contributed by atoms with van der Waals surface area (Å²) in [6.07, 6.45) is -0.313. The summed E-state index contributed by atoms with van der Waals surface area (Å²) >= 11 is 0. The maximum Gasteiger partial charge on any atom is 0.249 e. The minimum atomic E-state index is -0.600. The number of rotatable bonds is 8. The number of ether oxygens (including phenoxy) is 2. The molecule has 0 spiro atoms. The number of methoxy groups -OCH3 is 1. The molecule has 2 atom stereocenters. The zero-order valence-electron chi connectivity index (χ0n) is 19.3. The lowest BCUT2D eigenvalue weighted by Gasteiger charge is -2.40. The molecule has 2 N–H and O–H groups in total. The monoisotopic (exact) mass is 478 g/mol. The van der Waals surface area contributed by atoms with Gasteiger partial charge in [0.25, 0.3) is 0 Å². The molecule has 0 radical (unpaired) electrons. The van der Waals surface area contributed by atoms with Crippen LogP contribution in [0.5, 0.6) is 5.75 Å². The van der Waals surface area contributed by atoms with E-state index in [4.69, 9.17) is 9.47 Å². The summed E-state index contributed by atoms with van der Waals surface area (Å²) in [5.41, 5.74) is 3.03. The van der Waals surface area contributed by atoms with Gasteiger partial charge in [0, 0.05) is 12.2 Å². The van der Waals surface area contributed by atoms with Crippen LogP contribution in [0.25, 0.3) is 0 Å². The van der Waals surface area contributed by atoms with Gasteiger partial charge in [0.15, 0.2) is 0 Å². The average molecular weight is 479 g/mol. The molecular formula is C27H27FN2O5. The zero-order valence-corrected chi connectivity index (χ0v) is 19.3. The molecule has 4 rings (SSSR count). The second-order valence-electron chi connectivity index (χ2n) is 8.32. The smallest absolute Gasteiger partial charge is 0.249 e. The molecule has 35 heavy (non-hydrogen) atoms. The summed E-state index contributed by atoms with van der Waals surface area (Å²) in [5.74, 6) is -0.0169. The number of hydrogen-bond acceptors (Lipinski definition) is 5. The second-order valence-corrected chi connectivity index (χ2v) is 8.32. The van der Waals surface area contributed by atoms with Crippen molar-refractivity contribution in [3.05, 3.63) is 95.3 Å². The fourth-order valence-electron chi connectivity index (χ4n) is 4.10.